The Bertz CT molecular complexity index is 271. The Morgan fingerprint density at radius 1 is 1.44 bits per heavy atom. The molecule has 0 bridgehead atoms. The fourth-order valence-electron chi connectivity index (χ4n) is 2.49. The van der Waals surface area contributed by atoms with E-state index in [1.54, 1.807) is 0 Å². The van der Waals surface area contributed by atoms with Crippen LogP contribution in [0, 0.1) is 5.92 Å². The van der Waals surface area contributed by atoms with Gasteiger partial charge in [0.25, 0.3) is 5.91 Å². The number of nitrogens with one attached hydrogen (secondary N) is 1. The molecule has 1 amide bonds. The Kier molecular flexibility index (Phi) is 6.05. The second kappa shape index (κ2) is 7.07. The number of hydrazine groups is 1. The standard InChI is InChI=1S/C13H27N3O2/c1-9(2)7-10(3)16(4)8-11-5-6-12(18-11)13(17)15-14/h9-12H,5-8,14H2,1-4H3,(H,15,17). The van der Waals surface area contributed by atoms with Gasteiger partial charge in [-0.3, -0.25) is 10.2 Å². The molecule has 1 saturated heterocycles. The van der Waals surface area contributed by atoms with Crippen molar-refractivity contribution in [2.75, 3.05) is 13.6 Å². The molecule has 1 heterocycles. The molecule has 1 fully saturated rings. The number of hydrogen-bond donors (Lipinski definition) is 2. The molecule has 0 aromatic rings. The third-order valence-corrected chi connectivity index (χ3v) is 3.60. The first-order chi connectivity index (χ1) is 8.43. The number of hydrogen-bond acceptors (Lipinski definition) is 4. The minimum Gasteiger partial charge on any atom is -0.364 e. The van der Waals surface area contributed by atoms with Crippen LogP contribution in [0.15, 0.2) is 0 Å². The molecule has 106 valence electrons. The van der Waals surface area contributed by atoms with Gasteiger partial charge in [0.15, 0.2) is 0 Å². The van der Waals surface area contributed by atoms with Gasteiger partial charge in [-0.2, -0.15) is 0 Å². The van der Waals surface area contributed by atoms with Crippen LogP contribution in [-0.2, 0) is 9.53 Å². The fraction of sp³-hybridized carbons (Fsp3) is 0.923. The quantitative estimate of drug-likeness (QED) is 0.421. The molecule has 3 N–H and O–H groups in total. The minimum absolute atomic E-state index is 0.145. The van der Waals surface area contributed by atoms with E-state index in [9.17, 15) is 4.79 Å². The molecule has 0 aromatic heterocycles. The summed E-state index contributed by atoms with van der Waals surface area (Å²) in [5, 5.41) is 0. The maximum atomic E-state index is 11.4. The minimum atomic E-state index is -0.367. The fourth-order valence-corrected chi connectivity index (χ4v) is 2.49. The molecule has 0 spiro atoms. The zero-order chi connectivity index (χ0) is 13.7. The SMILES string of the molecule is CC(C)CC(C)N(C)CC1CCC(C(=O)NN)O1. The van der Waals surface area contributed by atoms with Crippen LogP contribution in [0.2, 0.25) is 0 Å². The summed E-state index contributed by atoms with van der Waals surface area (Å²) in [7, 11) is 2.12. The Morgan fingerprint density at radius 3 is 2.67 bits per heavy atom. The van der Waals surface area contributed by atoms with Gasteiger partial charge in [0.2, 0.25) is 0 Å². The number of nitrogens with zero attached hydrogens (tertiary/aromatic N) is 1. The number of amides is 1. The number of rotatable bonds is 6. The smallest absolute Gasteiger partial charge is 0.263 e. The zero-order valence-corrected chi connectivity index (χ0v) is 12.0. The van der Waals surface area contributed by atoms with Crippen molar-refractivity contribution in [3.63, 3.8) is 0 Å². The van der Waals surface area contributed by atoms with E-state index in [0.29, 0.717) is 12.0 Å². The van der Waals surface area contributed by atoms with Crippen LogP contribution in [-0.4, -0.2) is 42.6 Å². The van der Waals surface area contributed by atoms with Crippen molar-refractivity contribution in [1.29, 1.82) is 0 Å². The first kappa shape index (κ1) is 15.4. The zero-order valence-electron chi connectivity index (χ0n) is 12.0. The third-order valence-electron chi connectivity index (χ3n) is 3.60. The number of ether oxygens (including phenoxy) is 1. The van der Waals surface area contributed by atoms with Gasteiger partial charge >= 0.3 is 0 Å². The van der Waals surface area contributed by atoms with Crippen molar-refractivity contribution in [2.45, 2.75) is 58.3 Å². The molecule has 0 aliphatic carbocycles. The molecule has 5 nitrogen and oxygen atoms in total. The average molecular weight is 257 g/mol. The van der Waals surface area contributed by atoms with Gasteiger partial charge in [0.1, 0.15) is 6.10 Å². The van der Waals surface area contributed by atoms with Crippen LogP contribution in [0.3, 0.4) is 0 Å². The topological polar surface area (TPSA) is 67.6 Å². The maximum absolute atomic E-state index is 11.4. The summed E-state index contributed by atoms with van der Waals surface area (Å²) in [6.45, 7) is 7.58. The van der Waals surface area contributed by atoms with E-state index in [-0.39, 0.29) is 18.1 Å². The first-order valence-corrected chi connectivity index (χ1v) is 6.80. The molecule has 0 saturated carbocycles. The number of nitrogens with two attached hydrogens (primary N) is 1. The predicted octanol–water partition coefficient (Wildman–Crippen LogP) is 0.890. The molecule has 3 atom stereocenters. The second-order valence-corrected chi connectivity index (χ2v) is 5.75. The number of likely N-dealkylation sites (N-methyl/N-ethyl adjacent to an activating group) is 1. The van der Waals surface area contributed by atoms with E-state index < -0.39 is 0 Å². The molecule has 3 unspecified atom stereocenters. The Morgan fingerprint density at radius 2 is 2.11 bits per heavy atom. The van der Waals surface area contributed by atoms with Crippen LogP contribution in [0.1, 0.15) is 40.0 Å². The number of carbonyl (C=O) groups excluding carboxylic acids is 1. The summed E-state index contributed by atoms with van der Waals surface area (Å²) < 4.78 is 5.71. The normalized spacial score (nSPS) is 25.7. The molecular formula is C13H27N3O2. The summed E-state index contributed by atoms with van der Waals surface area (Å²) >= 11 is 0. The first-order valence-electron chi connectivity index (χ1n) is 6.80. The van der Waals surface area contributed by atoms with Crippen LogP contribution in [0.5, 0.6) is 0 Å². The summed E-state index contributed by atoms with van der Waals surface area (Å²) in [6, 6.07) is 0.538. The lowest BCUT2D eigenvalue weighted by molar-refractivity contribution is -0.132. The maximum Gasteiger partial charge on any atom is 0.263 e. The largest absolute Gasteiger partial charge is 0.364 e. The van der Waals surface area contributed by atoms with Gasteiger partial charge in [0.05, 0.1) is 6.10 Å². The highest BCUT2D eigenvalue weighted by molar-refractivity contribution is 5.80. The number of carbonyl (C=O) groups is 1. The van der Waals surface area contributed by atoms with E-state index in [1.807, 2.05) is 0 Å². The summed E-state index contributed by atoms with van der Waals surface area (Å²) in [6.07, 6.45) is 2.65. The highest BCUT2D eigenvalue weighted by atomic mass is 16.5. The van der Waals surface area contributed by atoms with Crippen molar-refractivity contribution in [2.24, 2.45) is 11.8 Å². The lowest BCUT2D eigenvalue weighted by atomic mass is 10.0. The summed E-state index contributed by atoms with van der Waals surface area (Å²) in [5.41, 5.74) is 2.15. The van der Waals surface area contributed by atoms with Gasteiger partial charge in [-0.25, -0.2) is 5.84 Å². The van der Waals surface area contributed by atoms with Crippen molar-refractivity contribution in [3.05, 3.63) is 0 Å². The van der Waals surface area contributed by atoms with Gasteiger partial charge in [-0.15, -0.1) is 0 Å². The Balaban J connectivity index is 2.33. The lowest BCUT2D eigenvalue weighted by Gasteiger charge is -2.28. The summed E-state index contributed by atoms with van der Waals surface area (Å²) in [5.74, 6) is 5.60. The van der Waals surface area contributed by atoms with E-state index >= 15 is 0 Å². The van der Waals surface area contributed by atoms with Crippen LogP contribution < -0.4 is 11.3 Å². The molecular weight excluding hydrogens is 230 g/mol. The molecule has 0 radical (unpaired) electrons. The predicted molar refractivity (Wildman–Crippen MR) is 71.8 cm³/mol. The van der Waals surface area contributed by atoms with Gasteiger partial charge < -0.3 is 9.64 Å². The molecule has 1 rings (SSSR count). The highest BCUT2D eigenvalue weighted by Crippen LogP contribution is 2.21. The van der Waals surface area contributed by atoms with Gasteiger partial charge in [0, 0.05) is 12.6 Å². The monoisotopic (exact) mass is 257 g/mol. The van der Waals surface area contributed by atoms with Crippen molar-refractivity contribution >= 4 is 5.91 Å². The molecule has 1 aliphatic heterocycles. The third kappa shape index (κ3) is 4.55. The second-order valence-electron chi connectivity index (χ2n) is 5.75. The van der Waals surface area contributed by atoms with Gasteiger partial charge in [-0.1, -0.05) is 13.8 Å². The summed E-state index contributed by atoms with van der Waals surface area (Å²) in [4.78, 5) is 13.7. The van der Waals surface area contributed by atoms with Crippen LogP contribution in [0.25, 0.3) is 0 Å². The van der Waals surface area contributed by atoms with Crippen molar-refractivity contribution in [1.82, 2.24) is 10.3 Å². The van der Waals surface area contributed by atoms with Crippen LogP contribution >= 0.6 is 0 Å². The highest BCUT2D eigenvalue weighted by Gasteiger charge is 2.31. The Labute approximate surface area is 110 Å². The van der Waals surface area contributed by atoms with Crippen molar-refractivity contribution in [3.8, 4) is 0 Å². The van der Waals surface area contributed by atoms with E-state index in [2.05, 4.69) is 38.1 Å². The van der Waals surface area contributed by atoms with E-state index in [0.717, 1.165) is 19.4 Å². The molecule has 0 aromatic carbocycles. The molecule has 18 heavy (non-hydrogen) atoms. The van der Waals surface area contributed by atoms with E-state index in [4.69, 9.17) is 10.6 Å². The molecule has 5 heteroatoms. The van der Waals surface area contributed by atoms with Crippen molar-refractivity contribution < 1.29 is 9.53 Å². The lowest BCUT2D eigenvalue weighted by Crippen LogP contribution is -2.40. The van der Waals surface area contributed by atoms with Crippen LogP contribution in [0.4, 0.5) is 0 Å². The van der Waals surface area contributed by atoms with Gasteiger partial charge in [-0.05, 0) is 39.2 Å². The van der Waals surface area contributed by atoms with E-state index in [1.165, 1.54) is 6.42 Å². The average Bonchev–Trinajstić information content (AvgIpc) is 2.75. The molecule has 1 aliphatic rings. The Hall–Kier alpha value is -0.650.